The topological polar surface area (TPSA) is 109 Å². The summed E-state index contributed by atoms with van der Waals surface area (Å²) < 4.78 is 5.20. The van der Waals surface area contributed by atoms with E-state index in [2.05, 4.69) is 20.7 Å². The fourth-order valence-electron chi connectivity index (χ4n) is 4.20. The van der Waals surface area contributed by atoms with Crippen LogP contribution >= 0.6 is 0 Å². The first-order valence-electron chi connectivity index (χ1n) is 9.73. The third-order valence-corrected chi connectivity index (χ3v) is 5.68. The molecule has 0 saturated carbocycles. The number of hydrogen-bond acceptors (Lipinski definition) is 6. The number of H-pyrrole nitrogens is 1. The van der Waals surface area contributed by atoms with E-state index in [-0.39, 0.29) is 18.6 Å². The molecule has 9 nitrogen and oxygen atoms in total. The molecule has 5 rings (SSSR count). The van der Waals surface area contributed by atoms with Gasteiger partial charge in [0.05, 0.1) is 17.9 Å². The van der Waals surface area contributed by atoms with Crippen LogP contribution in [0.2, 0.25) is 0 Å². The Morgan fingerprint density at radius 3 is 3.03 bits per heavy atom. The maximum atomic E-state index is 12.3. The second-order valence-electron chi connectivity index (χ2n) is 7.37. The molecule has 150 valence electrons. The fraction of sp³-hybridized carbons (Fsp3) is 0.400. The van der Waals surface area contributed by atoms with Crippen molar-refractivity contribution >= 4 is 23.9 Å². The monoisotopic (exact) mass is 395 g/mol. The van der Waals surface area contributed by atoms with Gasteiger partial charge in [0.25, 0.3) is 5.91 Å². The number of cyclic esters (lactones) is 1. The molecule has 0 bridgehead atoms. The molecule has 1 saturated heterocycles. The van der Waals surface area contributed by atoms with Crippen LogP contribution in [0.4, 0.5) is 10.5 Å². The Bertz CT molecular complexity index is 1010. The molecule has 2 atom stereocenters. The molecule has 2 aromatic rings. The van der Waals surface area contributed by atoms with Gasteiger partial charge in [-0.05, 0) is 37.0 Å². The van der Waals surface area contributed by atoms with Gasteiger partial charge in [0, 0.05) is 36.5 Å². The van der Waals surface area contributed by atoms with E-state index in [4.69, 9.17) is 9.57 Å². The Hall–Kier alpha value is -3.36. The highest BCUT2D eigenvalue weighted by Gasteiger charge is 2.37. The fourth-order valence-corrected chi connectivity index (χ4v) is 4.20. The van der Waals surface area contributed by atoms with E-state index in [0.29, 0.717) is 0 Å². The summed E-state index contributed by atoms with van der Waals surface area (Å²) in [6, 6.07) is 5.87. The van der Waals surface area contributed by atoms with Gasteiger partial charge in [-0.15, -0.1) is 0 Å². The summed E-state index contributed by atoms with van der Waals surface area (Å²) in [6.07, 6.45) is 3.86. The number of rotatable bonds is 3. The van der Waals surface area contributed by atoms with Crippen LogP contribution in [0.5, 0.6) is 0 Å². The van der Waals surface area contributed by atoms with Crippen molar-refractivity contribution in [1.82, 2.24) is 15.5 Å². The SMILES string of the molecule is CNC(=O)[C@H]1CN(c2ccc3c(c2)CCCc2c-3n[nH]c2C2CC=NO2)C(=O)O1. The Morgan fingerprint density at radius 2 is 2.24 bits per heavy atom. The third-order valence-electron chi connectivity index (χ3n) is 5.68. The Labute approximate surface area is 167 Å². The lowest BCUT2D eigenvalue weighted by molar-refractivity contribution is -0.127. The zero-order valence-corrected chi connectivity index (χ0v) is 16.0. The summed E-state index contributed by atoms with van der Waals surface area (Å²) in [5, 5.41) is 14.1. The molecule has 0 spiro atoms. The number of anilines is 1. The number of aryl methyl sites for hydroxylation is 1. The van der Waals surface area contributed by atoms with Crippen LogP contribution in [0.1, 0.15) is 35.8 Å². The minimum atomic E-state index is -0.791. The smallest absolute Gasteiger partial charge is 0.415 e. The maximum Gasteiger partial charge on any atom is 0.415 e. The average Bonchev–Trinajstić information content (AvgIpc) is 3.45. The highest BCUT2D eigenvalue weighted by molar-refractivity contribution is 5.96. The van der Waals surface area contributed by atoms with E-state index in [1.165, 1.54) is 17.5 Å². The number of carbonyl (C=O) groups excluding carboxylic acids is 2. The Balaban J connectivity index is 1.46. The number of amides is 2. The van der Waals surface area contributed by atoms with Gasteiger partial charge >= 0.3 is 6.09 Å². The summed E-state index contributed by atoms with van der Waals surface area (Å²) in [6.45, 7) is 0.202. The van der Waals surface area contributed by atoms with E-state index in [0.717, 1.165) is 53.9 Å². The summed E-state index contributed by atoms with van der Waals surface area (Å²) in [4.78, 5) is 31.0. The molecule has 3 heterocycles. The molecule has 2 aliphatic heterocycles. The van der Waals surface area contributed by atoms with Crippen LogP contribution in [0.3, 0.4) is 0 Å². The summed E-state index contributed by atoms with van der Waals surface area (Å²) in [5.41, 5.74) is 6.00. The highest BCUT2D eigenvalue weighted by atomic mass is 16.6. The lowest BCUT2D eigenvalue weighted by Crippen LogP contribution is -2.35. The van der Waals surface area contributed by atoms with E-state index in [1.807, 2.05) is 18.2 Å². The largest absolute Gasteiger partial charge is 0.434 e. The van der Waals surface area contributed by atoms with Crippen molar-refractivity contribution in [2.75, 3.05) is 18.5 Å². The molecule has 1 aliphatic carbocycles. The number of nitrogens with one attached hydrogen (secondary N) is 2. The number of hydrogen-bond donors (Lipinski definition) is 2. The van der Waals surface area contributed by atoms with Crippen molar-refractivity contribution in [3.05, 3.63) is 35.0 Å². The molecule has 9 heteroatoms. The van der Waals surface area contributed by atoms with Crippen molar-refractivity contribution in [3.8, 4) is 11.3 Å². The average molecular weight is 395 g/mol. The second kappa shape index (κ2) is 6.91. The summed E-state index contributed by atoms with van der Waals surface area (Å²) in [5.74, 6) is -0.303. The number of nitrogens with zero attached hydrogens (tertiary/aromatic N) is 3. The van der Waals surface area contributed by atoms with Gasteiger partial charge in [0.15, 0.2) is 12.2 Å². The van der Waals surface area contributed by atoms with E-state index in [1.54, 1.807) is 6.21 Å². The molecule has 1 fully saturated rings. The molecule has 29 heavy (non-hydrogen) atoms. The van der Waals surface area contributed by atoms with Gasteiger partial charge < -0.3 is 14.9 Å². The summed E-state index contributed by atoms with van der Waals surface area (Å²) in [7, 11) is 1.53. The van der Waals surface area contributed by atoms with Gasteiger partial charge in [-0.3, -0.25) is 14.8 Å². The van der Waals surface area contributed by atoms with E-state index in [9.17, 15) is 9.59 Å². The van der Waals surface area contributed by atoms with Crippen LogP contribution in [0.15, 0.2) is 23.4 Å². The molecule has 2 N–H and O–H groups in total. The first-order valence-corrected chi connectivity index (χ1v) is 9.73. The number of fused-ring (bicyclic) bond motifs is 3. The normalized spacial score (nSPS) is 22.5. The highest BCUT2D eigenvalue weighted by Crippen LogP contribution is 2.38. The number of benzene rings is 1. The van der Waals surface area contributed by atoms with Crippen molar-refractivity contribution in [2.24, 2.45) is 5.16 Å². The third kappa shape index (κ3) is 2.93. The molecule has 2 amide bonds. The first kappa shape index (κ1) is 17.7. The van der Waals surface area contributed by atoms with Gasteiger partial charge in [0.1, 0.15) is 0 Å². The zero-order valence-electron chi connectivity index (χ0n) is 16.0. The van der Waals surface area contributed by atoms with Crippen LogP contribution in [0.25, 0.3) is 11.3 Å². The molecule has 1 unspecified atom stereocenters. The summed E-state index contributed by atoms with van der Waals surface area (Å²) >= 11 is 0. The number of aromatic amines is 1. The van der Waals surface area contributed by atoms with Crippen molar-refractivity contribution in [1.29, 1.82) is 0 Å². The predicted octanol–water partition coefficient (Wildman–Crippen LogP) is 2.08. The van der Waals surface area contributed by atoms with Gasteiger partial charge in [-0.25, -0.2) is 4.79 Å². The molecule has 1 aromatic carbocycles. The number of carbonyl (C=O) groups is 2. The van der Waals surface area contributed by atoms with Crippen LogP contribution in [0, 0.1) is 0 Å². The molecule has 0 radical (unpaired) electrons. The van der Waals surface area contributed by atoms with Crippen molar-refractivity contribution < 1.29 is 19.2 Å². The first-order chi connectivity index (χ1) is 14.2. The van der Waals surface area contributed by atoms with Gasteiger partial charge in [-0.1, -0.05) is 11.2 Å². The van der Waals surface area contributed by atoms with Gasteiger partial charge in [0.2, 0.25) is 0 Å². The maximum absolute atomic E-state index is 12.3. The van der Waals surface area contributed by atoms with E-state index >= 15 is 0 Å². The van der Waals surface area contributed by atoms with Crippen molar-refractivity contribution in [3.63, 3.8) is 0 Å². The second-order valence-corrected chi connectivity index (χ2v) is 7.37. The number of ether oxygens (including phenoxy) is 1. The molecular formula is C20H21N5O4. The Kier molecular flexibility index (Phi) is 4.22. The molecule has 3 aliphatic rings. The Morgan fingerprint density at radius 1 is 1.34 bits per heavy atom. The number of likely N-dealkylation sites (N-methyl/N-ethyl adjacent to an activating group) is 1. The van der Waals surface area contributed by atoms with Gasteiger partial charge in [-0.2, -0.15) is 5.10 Å². The standard InChI is InChI=1S/C20H21N5O4/c1-21-19(26)16-10-25(20(27)28-16)12-5-6-13-11(9-12)3-2-4-14-17(13)23-24-18(14)15-7-8-22-29-15/h5-6,8-9,15-16H,2-4,7,10H2,1H3,(H,21,26)(H,23,24)/t15?,16-/m1/s1. The molecule has 1 aromatic heterocycles. The number of aromatic nitrogens is 2. The minimum Gasteiger partial charge on any atom is -0.434 e. The van der Waals surface area contributed by atoms with E-state index < -0.39 is 12.2 Å². The predicted molar refractivity (Wildman–Crippen MR) is 105 cm³/mol. The zero-order chi connectivity index (χ0) is 20.0. The minimum absolute atomic E-state index is 0.104. The van der Waals surface area contributed by atoms with Crippen LogP contribution in [-0.4, -0.2) is 48.1 Å². The van der Waals surface area contributed by atoms with Crippen LogP contribution in [-0.2, 0) is 27.2 Å². The molecular weight excluding hydrogens is 374 g/mol. The lowest BCUT2D eigenvalue weighted by atomic mass is 9.99. The quantitative estimate of drug-likeness (QED) is 0.827. The number of oxime groups is 1. The van der Waals surface area contributed by atoms with Crippen molar-refractivity contribution in [2.45, 2.75) is 37.9 Å². The van der Waals surface area contributed by atoms with Crippen LogP contribution < -0.4 is 10.2 Å². The lowest BCUT2D eigenvalue weighted by Gasteiger charge is -2.15.